The summed E-state index contributed by atoms with van der Waals surface area (Å²) < 4.78 is 0. The molecule has 36 heavy (non-hydrogen) atoms. The second-order valence-corrected chi connectivity index (χ2v) is 10.3. The molecule has 0 aromatic heterocycles. The Balaban J connectivity index is 1.68. The topological polar surface area (TPSA) is 49.4 Å². The fourth-order valence-corrected chi connectivity index (χ4v) is 5.34. The van der Waals surface area contributed by atoms with Gasteiger partial charge in [-0.3, -0.25) is 9.59 Å². The van der Waals surface area contributed by atoms with Crippen LogP contribution in [-0.2, 0) is 29.0 Å². The Morgan fingerprint density at radius 3 is 2.17 bits per heavy atom. The normalized spacial score (nSPS) is 14.4. The van der Waals surface area contributed by atoms with E-state index >= 15 is 0 Å². The molecule has 1 aliphatic rings. The van der Waals surface area contributed by atoms with Crippen molar-refractivity contribution in [3.05, 3.63) is 106 Å². The summed E-state index contributed by atoms with van der Waals surface area (Å²) in [6.07, 6.45) is 5.08. The first-order chi connectivity index (χ1) is 17.4. The van der Waals surface area contributed by atoms with Crippen LogP contribution in [0.2, 0.25) is 0 Å². The van der Waals surface area contributed by atoms with Crippen molar-refractivity contribution in [1.82, 2.24) is 10.2 Å². The first-order valence-electron chi connectivity index (χ1n) is 13.1. The van der Waals surface area contributed by atoms with E-state index in [9.17, 15) is 9.59 Å². The molecule has 0 aliphatic heterocycles. The molecule has 3 aromatic rings. The lowest BCUT2D eigenvalue weighted by molar-refractivity contribution is -0.141. The molecular formula is C32H38N2O2. The van der Waals surface area contributed by atoms with Crippen molar-refractivity contribution in [2.45, 2.75) is 77.9 Å². The summed E-state index contributed by atoms with van der Waals surface area (Å²) in [4.78, 5) is 29.6. The molecule has 1 saturated carbocycles. The number of amides is 2. The molecule has 0 saturated heterocycles. The number of hydrogen-bond acceptors (Lipinski definition) is 2. The van der Waals surface area contributed by atoms with Crippen molar-refractivity contribution in [2.75, 3.05) is 0 Å². The second-order valence-electron chi connectivity index (χ2n) is 10.3. The maximum absolute atomic E-state index is 14.0. The Bertz CT molecular complexity index is 1160. The van der Waals surface area contributed by atoms with E-state index in [1.165, 1.54) is 0 Å². The van der Waals surface area contributed by atoms with E-state index in [0.717, 1.165) is 59.1 Å². The molecule has 0 spiro atoms. The number of carbonyl (C=O) groups excluding carboxylic acids is 2. The fraction of sp³-hybridized carbons (Fsp3) is 0.375. The van der Waals surface area contributed by atoms with Gasteiger partial charge in [0.05, 0.1) is 6.42 Å². The standard InChI is InChI=1S/C32H38N2O2/c1-23-17-24(2)19-27(18-23)21-31(35)34(22-28-14-8-7-11-25(28)3)30(20-26-12-5-4-6-13-26)32(36)33-29-15-9-10-16-29/h4-8,11-14,17-19,29-30H,9-10,15-16,20-22H2,1-3H3,(H,33,36)/t30-/m1/s1. The van der Waals surface area contributed by atoms with Gasteiger partial charge in [0.1, 0.15) is 6.04 Å². The van der Waals surface area contributed by atoms with Gasteiger partial charge < -0.3 is 10.2 Å². The van der Waals surface area contributed by atoms with Gasteiger partial charge >= 0.3 is 0 Å². The van der Waals surface area contributed by atoms with Crippen LogP contribution in [0.5, 0.6) is 0 Å². The predicted molar refractivity (Wildman–Crippen MR) is 146 cm³/mol. The first-order valence-corrected chi connectivity index (χ1v) is 13.1. The third-order valence-electron chi connectivity index (χ3n) is 7.21. The number of benzene rings is 3. The van der Waals surface area contributed by atoms with Gasteiger partial charge in [0.25, 0.3) is 0 Å². The Labute approximate surface area is 215 Å². The monoisotopic (exact) mass is 482 g/mol. The van der Waals surface area contributed by atoms with E-state index in [-0.39, 0.29) is 24.3 Å². The highest BCUT2D eigenvalue weighted by Crippen LogP contribution is 2.22. The van der Waals surface area contributed by atoms with Crippen LogP contribution in [0.4, 0.5) is 0 Å². The molecule has 1 aliphatic carbocycles. The summed E-state index contributed by atoms with van der Waals surface area (Å²) in [6.45, 7) is 6.58. The van der Waals surface area contributed by atoms with Gasteiger partial charge in [0.15, 0.2) is 0 Å². The molecule has 0 bridgehead atoms. The van der Waals surface area contributed by atoms with Crippen LogP contribution in [0.25, 0.3) is 0 Å². The van der Waals surface area contributed by atoms with Gasteiger partial charge in [-0.05, 0) is 55.9 Å². The van der Waals surface area contributed by atoms with E-state index in [2.05, 4.69) is 56.4 Å². The minimum atomic E-state index is -0.578. The van der Waals surface area contributed by atoms with Crippen LogP contribution in [0, 0.1) is 20.8 Å². The summed E-state index contributed by atoms with van der Waals surface area (Å²) >= 11 is 0. The molecule has 0 unspecified atom stereocenters. The predicted octanol–water partition coefficient (Wildman–Crippen LogP) is 5.85. The highest BCUT2D eigenvalue weighted by molar-refractivity contribution is 5.89. The number of carbonyl (C=O) groups is 2. The number of nitrogens with one attached hydrogen (secondary N) is 1. The third-order valence-corrected chi connectivity index (χ3v) is 7.21. The van der Waals surface area contributed by atoms with Gasteiger partial charge in [-0.15, -0.1) is 0 Å². The van der Waals surface area contributed by atoms with E-state index in [1.807, 2.05) is 47.4 Å². The maximum Gasteiger partial charge on any atom is 0.243 e. The molecule has 2 amide bonds. The molecule has 1 atom stereocenters. The maximum atomic E-state index is 14.0. The molecule has 188 valence electrons. The minimum absolute atomic E-state index is 0.0224. The lowest BCUT2D eigenvalue weighted by Crippen LogP contribution is -2.52. The zero-order chi connectivity index (χ0) is 25.5. The van der Waals surface area contributed by atoms with Gasteiger partial charge in [-0.25, -0.2) is 0 Å². The summed E-state index contributed by atoms with van der Waals surface area (Å²) in [6, 6.07) is 24.0. The summed E-state index contributed by atoms with van der Waals surface area (Å²) in [5.41, 5.74) is 6.51. The second kappa shape index (κ2) is 12.0. The van der Waals surface area contributed by atoms with Crippen molar-refractivity contribution in [3.8, 4) is 0 Å². The van der Waals surface area contributed by atoms with E-state index in [0.29, 0.717) is 13.0 Å². The van der Waals surface area contributed by atoms with Gasteiger partial charge in [-0.1, -0.05) is 96.8 Å². The Kier molecular flexibility index (Phi) is 8.58. The summed E-state index contributed by atoms with van der Waals surface area (Å²) in [5, 5.41) is 3.28. The SMILES string of the molecule is Cc1cc(C)cc(CC(=O)N(Cc2ccccc2C)[C@H](Cc2ccccc2)C(=O)NC2CCCC2)c1. The average molecular weight is 483 g/mol. The van der Waals surface area contributed by atoms with Crippen LogP contribution in [0.3, 0.4) is 0 Å². The summed E-state index contributed by atoms with van der Waals surface area (Å²) in [5.74, 6) is -0.0705. The van der Waals surface area contributed by atoms with Gasteiger partial charge in [0.2, 0.25) is 11.8 Å². The molecule has 1 fully saturated rings. The lowest BCUT2D eigenvalue weighted by atomic mass is 9.99. The highest BCUT2D eigenvalue weighted by atomic mass is 16.2. The minimum Gasteiger partial charge on any atom is -0.352 e. The largest absolute Gasteiger partial charge is 0.352 e. The van der Waals surface area contributed by atoms with Crippen molar-refractivity contribution in [2.24, 2.45) is 0 Å². The smallest absolute Gasteiger partial charge is 0.243 e. The fourth-order valence-electron chi connectivity index (χ4n) is 5.34. The van der Waals surface area contributed by atoms with Crippen molar-refractivity contribution >= 4 is 11.8 Å². The van der Waals surface area contributed by atoms with Crippen LogP contribution < -0.4 is 5.32 Å². The molecule has 3 aromatic carbocycles. The van der Waals surface area contributed by atoms with E-state index in [1.54, 1.807) is 0 Å². The van der Waals surface area contributed by atoms with Crippen LogP contribution >= 0.6 is 0 Å². The number of rotatable bonds is 9. The van der Waals surface area contributed by atoms with Crippen LogP contribution in [-0.4, -0.2) is 28.8 Å². The van der Waals surface area contributed by atoms with Crippen molar-refractivity contribution in [1.29, 1.82) is 0 Å². The number of nitrogens with zero attached hydrogens (tertiary/aromatic N) is 1. The zero-order valence-electron chi connectivity index (χ0n) is 21.8. The van der Waals surface area contributed by atoms with E-state index in [4.69, 9.17) is 0 Å². The number of aryl methyl sites for hydroxylation is 3. The molecule has 4 nitrogen and oxygen atoms in total. The quantitative estimate of drug-likeness (QED) is 0.416. The molecule has 0 heterocycles. The van der Waals surface area contributed by atoms with Crippen LogP contribution in [0.15, 0.2) is 72.8 Å². The van der Waals surface area contributed by atoms with Gasteiger partial charge in [0, 0.05) is 19.0 Å². The van der Waals surface area contributed by atoms with Crippen LogP contribution in [0.1, 0.15) is 59.1 Å². The number of hydrogen-bond donors (Lipinski definition) is 1. The first kappa shape index (κ1) is 25.7. The third kappa shape index (κ3) is 6.84. The molecule has 1 N–H and O–H groups in total. The molecular weight excluding hydrogens is 444 g/mol. The molecule has 4 heteroatoms. The van der Waals surface area contributed by atoms with Crippen molar-refractivity contribution < 1.29 is 9.59 Å². The van der Waals surface area contributed by atoms with Crippen molar-refractivity contribution in [3.63, 3.8) is 0 Å². The lowest BCUT2D eigenvalue weighted by Gasteiger charge is -2.33. The summed E-state index contributed by atoms with van der Waals surface area (Å²) in [7, 11) is 0. The Hall–Kier alpha value is -3.40. The molecule has 0 radical (unpaired) electrons. The molecule has 4 rings (SSSR count). The zero-order valence-corrected chi connectivity index (χ0v) is 21.8. The Morgan fingerprint density at radius 1 is 0.861 bits per heavy atom. The highest BCUT2D eigenvalue weighted by Gasteiger charge is 2.32. The van der Waals surface area contributed by atoms with E-state index < -0.39 is 6.04 Å². The van der Waals surface area contributed by atoms with Gasteiger partial charge in [-0.2, -0.15) is 0 Å². The average Bonchev–Trinajstić information content (AvgIpc) is 3.35. The Morgan fingerprint density at radius 2 is 1.50 bits per heavy atom.